The number of carbonyl (C=O) groups excluding carboxylic acids is 2. The second-order valence-corrected chi connectivity index (χ2v) is 5.90. The van der Waals surface area contributed by atoms with Crippen LogP contribution in [0.2, 0.25) is 0 Å². The van der Waals surface area contributed by atoms with Gasteiger partial charge in [0.15, 0.2) is 6.61 Å². The topological polar surface area (TPSA) is 92.3 Å². The molecule has 0 fully saturated rings. The van der Waals surface area contributed by atoms with Crippen molar-refractivity contribution in [3.05, 3.63) is 54.0 Å². The largest absolute Gasteiger partial charge is 0.462 e. The summed E-state index contributed by atoms with van der Waals surface area (Å²) in [4.78, 5) is 24.3. The first-order chi connectivity index (χ1) is 12.1. The molecule has 7 heteroatoms. The zero-order chi connectivity index (χ0) is 18.1. The van der Waals surface area contributed by atoms with Gasteiger partial charge in [0.2, 0.25) is 0 Å². The number of amides is 1. The molecule has 0 aliphatic heterocycles. The van der Waals surface area contributed by atoms with Crippen molar-refractivity contribution < 1.29 is 18.7 Å². The van der Waals surface area contributed by atoms with E-state index in [1.807, 2.05) is 12.1 Å². The molecule has 0 aliphatic carbocycles. The highest BCUT2D eigenvalue weighted by atomic mass is 32.2. The molecule has 2 rings (SSSR count). The number of hydrogen-bond donors (Lipinski definition) is 1. The molecule has 128 valence electrons. The van der Waals surface area contributed by atoms with E-state index in [0.29, 0.717) is 11.4 Å². The molecule has 0 saturated carbocycles. The second kappa shape index (κ2) is 9.35. The minimum Gasteiger partial charge on any atom is -0.462 e. The van der Waals surface area contributed by atoms with Crippen LogP contribution in [0, 0.1) is 18.3 Å². The number of anilines is 1. The number of furan rings is 1. The number of thioether (sulfide) groups is 1. The van der Waals surface area contributed by atoms with Crippen molar-refractivity contribution >= 4 is 35.4 Å². The Hall–Kier alpha value is -2.98. The van der Waals surface area contributed by atoms with Gasteiger partial charge in [0, 0.05) is 11.0 Å². The molecule has 1 aromatic carbocycles. The van der Waals surface area contributed by atoms with Crippen molar-refractivity contribution in [2.75, 3.05) is 17.7 Å². The summed E-state index contributed by atoms with van der Waals surface area (Å²) in [7, 11) is 0. The summed E-state index contributed by atoms with van der Waals surface area (Å²) in [6.07, 6.45) is 2.67. The predicted octanol–water partition coefficient (Wildman–Crippen LogP) is 3.40. The van der Waals surface area contributed by atoms with Gasteiger partial charge in [-0.3, -0.25) is 4.79 Å². The third-order valence-electron chi connectivity index (χ3n) is 2.94. The van der Waals surface area contributed by atoms with Crippen LogP contribution in [0.15, 0.2) is 51.8 Å². The zero-order valence-electron chi connectivity index (χ0n) is 13.5. The Kier molecular flexibility index (Phi) is 6.87. The van der Waals surface area contributed by atoms with Crippen LogP contribution in [-0.4, -0.2) is 24.2 Å². The first-order valence-electron chi connectivity index (χ1n) is 7.38. The molecule has 1 aromatic heterocycles. The van der Waals surface area contributed by atoms with Gasteiger partial charge in [0.05, 0.1) is 17.5 Å². The number of benzene rings is 1. The minimum atomic E-state index is -0.642. The Morgan fingerprint density at radius 3 is 2.84 bits per heavy atom. The molecule has 0 radical (unpaired) electrons. The summed E-state index contributed by atoms with van der Waals surface area (Å²) in [6.45, 7) is 1.39. The van der Waals surface area contributed by atoms with Crippen molar-refractivity contribution in [2.45, 2.75) is 11.8 Å². The summed E-state index contributed by atoms with van der Waals surface area (Å²) in [5, 5.41) is 11.3. The fourth-order valence-electron chi connectivity index (χ4n) is 1.87. The van der Waals surface area contributed by atoms with E-state index in [4.69, 9.17) is 14.4 Å². The van der Waals surface area contributed by atoms with Gasteiger partial charge in [-0.25, -0.2) is 4.79 Å². The monoisotopic (exact) mass is 356 g/mol. The van der Waals surface area contributed by atoms with E-state index >= 15 is 0 Å². The summed E-state index contributed by atoms with van der Waals surface area (Å²) in [5.41, 5.74) is 0.574. The lowest BCUT2D eigenvalue weighted by molar-refractivity contribution is -0.142. The number of rotatable bonds is 7. The first kappa shape index (κ1) is 18.4. The van der Waals surface area contributed by atoms with Crippen LogP contribution < -0.4 is 5.32 Å². The molecule has 0 atom stereocenters. The number of nitriles is 1. The van der Waals surface area contributed by atoms with Crippen LogP contribution in [0.3, 0.4) is 0 Å². The second-order valence-electron chi connectivity index (χ2n) is 4.88. The molecular formula is C18H16N2O4S. The normalized spacial score (nSPS) is 10.4. The summed E-state index contributed by atoms with van der Waals surface area (Å²) >= 11 is 1.32. The van der Waals surface area contributed by atoms with Crippen molar-refractivity contribution in [2.24, 2.45) is 0 Å². The van der Waals surface area contributed by atoms with Gasteiger partial charge >= 0.3 is 5.97 Å². The average molecular weight is 356 g/mol. The highest BCUT2D eigenvalue weighted by Gasteiger charge is 2.09. The van der Waals surface area contributed by atoms with Crippen molar-refractivity contribution in [1.29, 1.82) is 5.26 Å². The van der Waals surface area contributed by atoms with Crippen LogP contribution in [0.1, 0.15) is 11.5 Å². The summed E-state index contributed by atoms with van der Waals surface area (Å²) in [6, 6.07) is 12.6. The minimum absolute atomic E-state index is 0.277. The fraction of sp³-hybridized carbons (Fsp3) is 0.167. The van der Waals surface area contributed by atoms with Crippen LogP contribution in [0.5, 0.6) is 0 Å². The van der Waals surface area contributed by atoms with E-state index in [2.05, 4.69) is 5.32 Å². The molecule has 0 aliphatic rings. The SMILES string of the molecule is Cc1ccc(/C=C/C(=O)OCC(=O)Nc2ccccc2SCC#N)o1. The number of esters is 1. The van der Waals surface area contributed by atoms with Gasteiger partial charge in [0.1, 0.15) is 11.5 Å². The van der Waals surface area contributed by atoms with Gasteiger partial charge in [0.25, 0.3) is 5.91 Å². The third kappa shape index (κ3) is 6.20. The molecule has 0 spiro atoms. The van der Waals surface area contributed by atoms with E-state index in [-0.39, 0.29) is 5.75 Å². The van der Waals surface area contributed by atoms with Crippen molar-refractivity contribution in [3.8, 4) is 6.07 Å². The number of hydrogen-bond acceptors (Lipinski definition) is 6. The van der Waals surface area contributed by atoms with Crippen LogP contribution >= 0.6 is 11.8 Å². The van der Waals surface area contributed by atoms with E-state index in [0.717, 1.165) is 10.7 Å². The Labute approximate surface area is 149 Å². The van der Waals surface area contributed by atoms with Gasteiger partial charge in [-0.05, 0) is 37.3 Å². The van der Waals surface area contributed by atoms with Gasteiger partial charge in [-0.2, -0.15) is 5.26 Å². The van der Waals surface area contributed by atoms with Crippen LogP contribution in [0.25, 0.3) is 6.08 Å². The van der Waals surface area contributed by atoms with Crippen molar-refractivity contribution in [1.82, 2.24) is 0 Å². The molecule has 1 N–H and O–H groups in total. The van der Waals surface area contributed by atoms with E-state index in [1.165, 1.54) is 23.9 Å². The average Bonchev–Trinajstić information content (AvgIpc) is 3.03. The molecule has 1 amide bonds. The zero-order valence-corrected chi connectivity index (χ0v) is 14.3. The summed E-state index contributed by atoms with van der Waals surface area (Å²) in [5.74, 6) is 0.443. The van der Waals surface area contributed by atoms with Crippen LogP contribution in [-0.2, 0) is 14.3 Å². The number of para-hydroxylation sites is 1. The number of aryl methyl sites for hydroxylation is 1. The summed E-state index contributed by atoms with van der Waals surface area (Å²) < 4.78 is 10.2. The number of carbonyl (C=O) groups is 2. The Bertz CT molecular complexity index is 820. The lowest BCUT2D eigenvalue weighted by Crippen LogP contribution is -2.20. The molecule has 0 saturated heterocycles. The quantitative estimate of drug-likeness (QED) is 0.464. The van der Waals surface area contributed by atoms with E-state index < -0.39 is 18.5 Å². The molecular weight excluding hydrogens is 340 g/mol. The number of nitrogens with zero attached hydrogens (tertiary/aromatic N) is 1. The highest BCUT2D eigenvalue weighted by molar-refractivity contribution is 7.99. The maximum absolute atomic E-state index is 11.9. The van der Waals surface area contributed by atoms with Crippen LogP contribution in [0.4, 0.5) is 5.69 Å². The Morgan fingerprint density at radius 1 is 1.32 bits per heavy atom. The van der Waals surface area contributed by atoms with Crippen molar-refractivity contribution in [3.63, 3.8) is 0 Å². The molecule has 1 heterocycles. The highest BCUT2D eigenvalue weighted by Crippen LogP contribution is 2.26. The first-order valence-corrected chi connectivity index (χ1v) is 8.37. The third-order valence-corrected chi connectivity index (χ3v) is 3.88. The van der Waals surface area contributed by atoms with E-state index in [9.17, 15) is 9.59 Å². The maximum Gasteiger partial charge on any atom is 0.331 e. The molecule has 0 unspecified atom stereocenters. The fourth-order valence-corrected chi connectivity index (χ4v) is 2.54. The molecule has 25 heavy (non-hydrogen) atoms. The lowest BCUT2D eigenvalue weighted by atomic mass is 10.3. The Morgan fingerprint density at radius 2 is 2.12 bits per heavy atom. The maximum atomic E-state index is 11.9. The lowest BCUT2D eigenvalue weighted by Gasteiger charge is -2.09. The van der Waals surface area contributed by atoms with E-state index in [1.54, 1.807) is 37.3 Å². The molecule has 2 aromatic rings. The predicted molar refractivity (Wildman–Crippen MR) is 94.8 cm³/mol. The smallest absolute Gasteiger partial charge is 0.331 e. The molecule has 0 bridgehead atoms. The van der Waals surface area contributed by atoms with Gasteiger partial charge in [-0.1, -0.05) is 12.1 Å². The number of nitrogens with one attached hydrogen (secondary N) is 1. The van der Waals surface area contributed by atoms with Gasteiger partial charge in [-0.15, -0.1) is 11.8 Å². The Balaban J connectivity index is 1.83. The number of ether oxygens (including phenoxy) is 1. The molecule has 6 nitrogen and oxygen atoms in total. The van der Waals surface area contributed by atoms with Gasteiger partial charge < -0.3 is 14.5 Å². The standard InChI is InChI=1S/C18H16N2O4S/c1-13-6-7-14(24-13)8-9-18(22)23-12-17(21)20-15-4-2-3-5-16(15)25-11-10-19/h2-9H,11-12H2,1H3,(H,20,21)/b9-8+.